The molecule has 0 radical (unpaired) electrons. The van der Waals surface area contributed by atoms with Gasteiger partial charge < -0.3 is 19.5 Å². The van der Waals surface area contributed by atoms with Gasteiger partial charge in [0.2, 0.25) is 0 Å². The number of fused-ring (bicyclic) bond motifs is 1. The molecule has 0 unspecified atom stereocenters. The summed E-state index contributed by atoms with van der Waals surface area (Å²) in [5.74, 6) is 0.0772. The minimum absolute atomic E-state index is 0.0347. The number of phenolic OH excluding ortho intramolecular Hbond substituents is 1. The molecule has 1 aromatic carbocycles. The number of phenols is 1. The fourth-order valence-corrected chi connectivity index (χ4v) is 6.43. The van der Waals surface area contributed by atoms with Crippen molar-refractivity contribution in [1.29, 1.82) is 0 Å². The summed E-state index contributed by atoms with van der Waals surface area (Å²) in [7, 11) is -2.89. The lowest BCUT2D eigenvalue weighted by atomic mass is 9.74. The summed E-state index contributed by atoms with van der Waals surface area (Å²) in [5, 5.41) is 19.4. The highest BCUT2D eigenvalue weighted by atomic mass is 35.5. The molecule has 0 aromatic heterocycles. The summed E-state index contributed by atoms with van der Waals surface area (Å²) in [6, 6.07) is 4.84. The Morgan fingerprint density at radius 2 is 2.21 bits per heavy atom. The number of sulfone groups is 1. The minimum atomic E-state index is -3.34. The van der Waals surface area contributed by atoms with E-state index in [0.717, 1.165) is 28.7 Å². The Hall–Kier alpha value is -1.32. The number of rotatable bonds is 7. The minimum Gasteiger partial charge on any atom is -0.508 e. The van der Waals surface area contributed by atoms with Crippen molar-refractivity contribution in [3.05, 3.63) is 45.5 Å². The molecule has 158 valence electrons. The molecule has 1 saturated heterocycles. The highest BCUT2D eigenvalue weighted by molar-refractivity contribution is 7.92. The van der Waals surface area contributed by atoms with E-state index in [1.54, 1.807) is 19.2 Å². The van der Waals surface area contributed by atoms with Crippen LogP contribution in [0, 0.1) is 0 Å². The molecule has 9 heteroatoms. The quantitative estimate of drug-likeness (QED) is 0.499. The largest absolute Gasteiger partial charge is 0.508 e. The van der Waals surface area contributed by atoms with Gasteiger partial charge in [-0.3, -0.25) is 0 Å². The van der Waals surface area contributed by atoms with Crippen LogP contribution in [0.25, 0.3) is 6.08 Å². The predicted octanol–water partition coefficient (Wildman–Crippen LogP) is 3.24. The lowest BCUT2D eigenvalue weighted by molar-refractivity contribution is 0.166. The number of hydrogen-bond donors (Lipinski definition) is 2. The van der Waals surface area contributed by atoms with Crippen molar-refractivity contribution in [3.8, 4) is 5.75 Å². The SMILES string of the molecule is CC/C(=C\c1ccc(O)cc1Cl)CC[C@H]1OB(O)C[C@H]2C1=C(COC)CS2(=O)=O. The van der Waals surface area contributed by atoms with Crippen molar-refractivity contribution in [3.63, 3.8) is 0 Å². The van der Waals surface area contributed by atoms with E-state index in [9.17, 15) is 18.5 Å². The van der Waals surface area contributed by atoms with Gasteiger partial charge in [0.1, 0.15) is 5.75 Å². The van der Waals surface area contributed by atoms with Gasteiger partial charge in [-0.15, -0.1) is 0 Å². The van der Waals surface area contributed by atoms with Gasteiger partial charge in [-0.25, -0.2) is 8.42 Å². The van der Waals surface area contributed by atoms with Crippen molar-refractivity contribution in [2.24, 2.45) is 0 Å². The van der Waals surface area contributed by atoms with E-state index in [0.29, 0.717) is 17.9 Å². The lowest BCUT2D eigenvalue weighted by Gasteiger charge is -2.32. The molecule has 2 atom stereocenters. The summed E-state index contributed by atoms with van der Waals surface area (Å²) in [6.07, 6.45) is 3.60. The third-order valence-electron chi connectivity index (χ3n) is 5.49. The molecular weight excluding hydrogens is 415 g/mol. The fraction of sp³-hybridized carbons (Fsp3) is 0.500. The van der Waals surface area contributed by atoms with Gasteiger partial charge in [-0.2, -0.15) is 0 Å². The zero-order chi connectivity index (χ0) is 21.2. The maximum Gasteiger partial charge on any atom is 0.456 e. The number of aromatic hydroxyl groups is 1. The molecule has 1 fully saturated rings. The smallest absolute Gasteiger partial charge is 0.456 e. The zero-order valence-electron chi connectivity index (χ0n) is 16.6. The first-order valence-electron chi connectivity index (χ1n) is 9.69. The summed E-state index contributed by atoms with van der Waals surface area (Å²) in [4.78, 5) is 0. The second-order valence-corrected chi connectivity index (χ2v) is 10.1. The maximum atomic E-state index is 12.6. The van der Waals surface area contributed by atoms with Crippen LogP contribution in [-0.2, 0) is 19.2 Å². The Balaban J connectivity index is 1.81. The third-order valence-corrected chi connectivity index (χ3v) is 7.88. The number of benzene rings is 1. The standard InChI is InChI=1S/C20H26BClO6S/c1-3-13(8-14-5-6-16(23)9-17(14)22)4-7-18-20-15(11-27-2)12-29(25,26)19(20)10-21(24)28-18/h5-6,8-9,18-19,23-24H,3-4,7,10-12H2,1-2H3/b13-8+/t18-,19+/m1/s1. The van der Waals surface area contributed by atoms with Gasteiger partial charge in [-0.05, 0) is 54.2 Å². The molecule has 6 nitrogen and oxygen atoms in total. The normalized spacial score (nSPS) is 24.1. The van der Waals surface area contributed by atoms with Gasteiger partial charge in [0.05, 0.1) is 28.7 Å². The Kier molecular flexibility index (Phi) is 7.12. The average Bonchev–Trinajstić information content (AvgIpc) is 2.90. The van der Waals surface area contributed by atoms with Crippen molar-refractivity contribution in [2.45, 2.75) is 43.9 Å². The predicted molar refractivity (Wildman–Crippen MR) is 115 cm³/mol. The number of halogens is 1. The van der Waals surface area contributed by atoms with Crippen molar-refractivity contribution in [1.82, 2.24) is 0 Å². The second kappa shape index (κ2) is 9.22. The van der Waals surface area contributed by atoms with Gasteiger partial charge >= 0.3 is 7.12 Å². The molecule has 2 aliphatic heterocycles. The van der Waals surface area contributed by atoms with E-state index < -0.39 is 28.3 Å². The Bertz CT molecular complexity index is 927. The van der Waals surface area contributed by atoms with Crippen LogP contribution < -0.4 is 0 Å². The zero-order valence-corrected chi connectivity index (χ0v) is 18.2. The van der Waals surface area contributed by atoms with Crippen LogP contribution in [0.2, 0.25) is 11.3 Å². The number of methoxy groups -OCH3 is 1. The highest BCUT2D eigenvalue weighted by Gasteiger charge is 2.48. The molecular formula is C20H26BClO6S. The molecule has 0 aliphatic carbocycles. The molecule has 3 rings (SSSR count). The molecule has 29 heavy (non-hydrogen) atoms. The van der Waals surface area contributed by atoms with E-state index in [2.05, 4.69) is 0 Å². The molecule has 2 heterocycles. The number of hydrogen-bond acceptors (Lipinski definition) is 6. The second-order valence-electron chi connectivity index (χ2n) is 7.50. The lowest BCUT2D eigenvalue weighted by Crippen LogP contribution is -2.42. The summed E-state index contributed by atoms with van der Waals surface area (Å²) < 4.78 is 36.1. The van der Waals surface area contributed by atoms with E-state index in [-0.39, 0.29) is 24.4 Å². The summed E-state index contributed by atoms with van der Waals surface area (Å²) in [6.45, 7) is 2.29. The molecule has 0 saturated carbocycles. The highest BCUT2D eigenvalue weighted by Crippen LogP contribution is 2.39. The van der Waals surface area contributed by atoms with Crippen LogP contribution in [0.3, 0.4) is 0 Å². The number of ether oxygens (including phenoxy) is 1. The molecule has 0 spiro atoms. The van der Waals surface area contributed by atoms with E-state index >= 15 is 0 Å². The van der Waals surface area contributed by atoms with Gasteiger partial charge in [-0.1, -0.05) is 30.2 Å². The molecule has 2 N–H and O–H groups in total. The van der Waals surface area contributed by atoms with Crippen molar-refractivity contribution in [2.75, 3.05) is 19.5 Å². The Morgan fingerprint density at radius 1 is 1.45 bits per heavy atom. The van der Waals surface area contributed by atoms with E-state index in [1.165, 1.54) is 6.07 Å². The molecule has 1 aromatic rings. The van der Waals surface area contributed by atoms with Crippen LogP contribution in [0.5, 0.6) is 5.75 Å². The Morgan fingerprint density at radius 3 is 2.86 bits per heavy atom. The van der Waals surface area contributed by atoms with E-state index in [4.69, 9.17) is 21.0 Å². The molecule has 0 amide bonds. The first kappa shape index (κ1) is 22.4. The van der Waals surface area contributed by atoms with Crippen LogP contribution >= 0.6 is 11.6 Å². The first-order chi connectivity index (χ1) is 13.7. The number of allylic oxidation sites excluding steroid dienone is 1. The van der Waals surface area contributed by atoms with Crippen LogP contribution in [-0.4, -0.2) is 56.5 Å². The van der Waals surface area contributed by atoms with Crippen LogP contribution in [0.1, 0.15) is 31.7 Å². The monoisotopic (exact) mass is 440 g/mol. The van der Waals surface area contributed by atoms with Gasteiger partial charge in [0.15, 0.2) is 9.84 Å². The average molecular weight is 441 g/mol. The van der Waals surface area contributed by atoms with Crippen LogP contribution in [0.15, 0.2) is 34.9 Å². The van der Waals surface area contributed by atoms with Crippen molar-refractivity contribution < 1.29 is 27.9 Å². The maximum absolute atomic E-state index is 12.6. The van der Waals surface area contributed by atoms with Gasteiger partial charge in [0.25, 0.3) is 0 Å². The first-order valence-corrected chi connectivity index (χ1v) is 11.8. The van der Waals surface area contributed by atoms with E-state index in [1.807, 2.05) is 13.0 Å². The Labute approximate surface area is 177 Å². The van der Waals surface area contributed by atoms with Gasteiger partial charge in [0, 0.05) is 13.4 Å². The van der Waals surface area contributed by atoms with Crippen molar-refractivity contribution >= 4 is 34.6 Å². The summed E-state index contributed by atoms with van der Waals surface area (Å²) in [5.41, 5.74) is 3.44. The fourth-order valence-electron chi connectivity index (χ4n) is 4.10. The van der Waals surface area contributed by atoms with Crippen LogP contribution in [0.4, 0.5) is 0 Å². The summed E-state index contributed by atoms with van der Waals surface area (Å²) >= 11 is 6.21. The topological polar surface area (TPSA) is 93.1 Å². The molecule has 2 aliphatic rings. The third kappa shape index (κ3) is 5.06. The molecule has 0 bridgehead atoms.